The first-order valence-electron chi connectivity index (χ1n) is 4.65. The van der Waals surface area contributed by atoms with E-state index in [1.54, 1.807) is 18.5 Å². The van der Waals surface area contributed by atoms with Crippen LogP contribution >= 0.6 is 11.3 Å². The monoisotopic (exact) mass is 238 g/mol. The summed E-state index contributed by atoms with van der Waals surface area (Å²) >= 11 is 1.39. The number of aromatic nitrogens is 3. The highest BCUT2D eigenvalue weighted by Gasteiger charge is 2.15. The third-order valence-corrected chi connectivity index (χ3v) is 2.57. The Morgan fingerprint density at radius 1 is 1.69 bits per heavy atom. The topological polar surface area (TPSA) is 83.0 Å². The highest BCUT2D eigenvalue weighted by atomic mass is 32.1. The van der Waals surface area contributed by atoms with Gasteiger partial charge in [-0.15, -0.1) is 11.3 Å². The molecule has 16 heavy (non-hydrogen) atoms. The molecule has 7 heteroatoms. The third kappa shape index (κ3) is 1.89. The molecular weight excluding hydrogens is 228 g/mol. The molecule has 0 radical (unpaired) electrons. The van der Waals surface area contributed by atoms with Crippen molar-refractivity contribution in [2.45, 2.75) is 6.92 Å². The predicted octanol–water partition coefficient (Wildman–Crippen LogP) is 1.09. The number of anilines is 1. The summed E-state index contributed by atoms with van der Waals surface area (Å²) in [5, 5.41) is 6.46. The number of carbonyl (C=O) groups is 1. The van der Waals surface area contributed by atoms with Crippen LogP contribution in [0.1, 0.15) is 17.4 Å². The number of thiazole rings is 1. The van der Waals surface area contributed by atoms with E-state index in [2.05, 4.69) is 10.1 Å². The van der Waals surface area contributed by atoms with E-state index in [1.165, 1.54) is 22.1 Å². The van der Waals surface area contributed by atoms with Crippen LogP contribution in [-0.2, 0) is 4.74 Å². The fraction of sp³-hybridized carbons (Fsp3) is 0.222. The lowest BCUT2D eigenvalue weighted by Gasteiger charge is -1.97. The average Bonchev–Trinajstić information content (AvgIpc) is 2.86. The van der Waals surface area contributed by atoms with Gasteiger partial charge in [0.2, 0.25) is 5.13 Å². The predicted molar refractivity (Wildman–Crippen MR) is 59.6 cm³/mol. The molecule has 2 aromatic heterocycles. The van der Waals surface area contributed by atoms with Gasteiger partial charge in [-0.1, -0.05) is 0 Å². The Bertz CT molecular complexity index is 492. The fourth-order valence-electron chi connectivity index (χ4n) is 1.17. The zero-order valence-corrected chi connectivity index (χ0v) is 9.40. The first kappa shape index (κ1) is 10.6. The molecule has 2 N–H and O–H groups in total. The van der Waals surface area contributed by atoms with Gasteiger partial charge in [0.05, 0.1) is 6.61 Å². The summed E-state index contributed by atoms with van der Waals surface area (Å²) in [4.78, 5) is 15.5. The summed E-state index contributed by atoms with van der Waals surface area (Å²) in [6.45, 7) is 2.04. The van der Waals surface area contributed by atoms with Crippen molar-refractivity contribution in [2.75, 3.05) is 12.3 Å². The maximum absolute atomic E-state index is 11.4. The minimum atomic E-state index is -0.482. The lowest BCUT2D eigenvalue weighted by molar-refractivity contribution is 0.0519. The van der Waals surface area contributed by atoms with E-state index in [9.17, 15) is 4.79 Å². The van der Waals surface area contributed by atoms with Crippen molar-refractivity contribution < 1.29 is 9.53 Å². The van der Waals surface area contributed by atoms with Crippen molar-refractivity contribution in [3.8, 4) is 5.13 Å². The molecule has 2 rings (SSSR count). The van der Waals surface area contributed by atoms with Crippen LogP contribution in [0.5, 0.6) is 0 Å². The summed E-state index contributed by atoms with van der Waals surface area (Å²) < 4.78 is 6.24. The van der Waals surface area contributed by atoms with E-state index < -0.39 is 5.97 Å². The van der Waals surface area contributed by atoms with Crippen molar-refractivity contribution in [1.29, 1.82) is 0 Å². The van der Waals surface area contributed by atoms with Gasteiger partial charge in [-0.25, -0.2) is 9.78 Å². The Kier molecular flexibility index (Phi) is 2.86. The van der Waals surface area contributed by atoms with Crippen molar-refractivity contribution in [3.05, 3.63) is 23.3 Å². The standard InChI is InChI=1S/C9H10N4O2S/c1-2-15-8(14)6-5-7(10)13(12-6)9-11-3-4-16-9/h3-5H,2,10H2,1H3. The van der Waals surface area contributed by atoms with Gasteiger partial charge in [0.15, 0.2) is 5.69 Å². The van der Waals surface area contributed by atoms with Gasteiger partial charge in [0.25, 0.3) is 0 Å². The van der Waals surface area contributed by atoms with E-state index in [0.29, 0.717) is 17.6 Å². The van der Waals surface area contributed by atoms with Crippen LogP contribution in [0, 0.1) is 0 Å². The zero-order valence-electron chi connectivity index (χ0n) is 8.58. The van der Waals surface area contributed by atoms with Gasteiger partial charge in [-0.2, -0.15) is 9.78 Å². The molecule has 0 saturated carbocycles. The lowest BCUT2D eigenvalue weighted by atomic mass is 10.4. The number of hydrogen-bond acceptors (Lipinski definition) is 6. The van der Waals surface area contributed by atoms with Crippen LogP contribution < -0.4 is 5.73 Å². The largest absolute Gasteiger partial charge is 0.461 e. The van der Waals surface area contributed by atoms with Gasteiger partial charge in [-0.05, 0) is 6.92 Å². The summed E-state index contributed by atoms with van der Waals surface area (Å²) in [6.07, 6.45) is 1.64. The highest BCUT2D eigenvalue weighted by molar-refractivity contribution is 7.12. The average molecular weight is 238 g/mol. The van der Waals surface area contributed by atoms with Crippen LogP contribution in [0.3, 0.4) is 0 Å². The number of nitrogens with two attached hydrogens (primary N) is 1. The Labute approximate surface area is 95.7 Å². The van der Waals surface area contributed by atoms with E-state index in [-0.39, 0.29) is 5.69 Å². The normalized spacial score (nSPS) is 10.3. The molecule has 0 unspecified atom stereocenters. The Balaban J connectivity index is 2.32. The van der Waals surface area contributed by atoms with Crippen molar-refractivity contribution >= 4 is 23.1 Å². The molecule has 0 aliphatic rings. The maximum Gasteiger partial charge on any atom is 0.358 e. The van der Waals surface area contributed by atoms with E-state index in [1.807, 2.05) is 0 Å². The minimum absolute atomic E-state index is 0.189. The molecule has 0 amide bonds. The molecule has 0 saturated heterocycles. The second-order valence-corrected chi connectivity index (χ2v) is 3.77. The SMILES string of the molecule is CCOC(=O)c1cc(N)n(-c2nccs2)n1. The summed E-state index contributed by atoms with van der Waals surface area (Å²) in [5.41, 5.74) is 5.92. The molecule has 0 aromatic carbocycles. The summed E-state index contributed by atoms with van der Waals surface area (Å²) in [6, 6.07) is 1.47. The number of nitrogen functional groups attached to an aromatic ring is 1. The van der Waals surface area contributed by atoms with Crippen LogP contribution in [0.2, 0.25) is 0 Å². The Morgan fingerprint density at radius 2 is 2.50 bits per heavy atom. The Hall–Kier alpha value is -1.89. The second kappa shape index (κ2) is 4.31. The first-order valence-corrected chi connectivity index (χ1v) is 5.53. The molecule has 2 heterocycles. The quantitative estimate of drug-likeness (QED) is 0.809. The van der Waals surface area contributed by atoms with Crippen LogP contribution in [0.4, 0.5) is 5.82 Å². The number of esters is 1. The van der Waals surface area contributed by atoms with Gasteiger partial charge in [0, 0.05) is 17.6 Å². The molecule has 84 valence electrons. The first-order chi connectivity index (χ1) is 7.72. The lowest BCUT2D eigenvalue weighted by Crippen LogP contribution is -2.06. The van der Waals surface area contributed by atoms with E-state index >= 15 is 0 Å². The number of rotatable bonds is 3. The van der Waals surface area contributed by atoms with Crippen LogP contribution in [0.25, 0.3) is 5.13 Å². The molecular formula is C9H10N4O2S. The number of hydrogen-bond donors (Lipinski definition) is 1. The highest BCUT2D eigenvalue weighted by Crippen LogP contribution is 2.16. The van der Waals surface area contributed by atoms with Crippen LogP contribution in [-0.4, -0.2) is 27.3 Å². The number of carbonyl (C=O) groups excluding carboxylic acids is 1. The molecule has 0 aliphatic heterocycles. The number of ether oxygens (including phenoxy) is 1. The Morgan fingerprint density at radius 3 is 3.12 bits per heavy atom. The fourth-order valence-corrected chi connectivity index (χ4v) is 1.79. The van der Waals surface area contributed by atoms with Gasteiger partial charge < -0.3 is 10.5 Å². The van der Waals surface area contributed by atoms with Crippen molar-refractivity contribution in [3.63, 3.8) is 0 Å². The maximum atomic E-state index is 11.4. The van der Waals surface area contributed by atoms with Crippen molar-refractivity contribution in [1.82, 2.24) is 14.8 Å². The smallest absolute Gasteiger partial charge is 0.358 e. The summed E-state index contributed by atoms with van der Waals surface area (Å²) in [5.74, 6) is -0.123. The molecule has 2 aromatic rings. The van der Waals surface area contributed by atoms with E-state index in [0.717, 1.165) is 0 Å². The third-order valence-electron chi connectivity index (χ3n) is 1.82. The molecule has 0 spiro atoms. The summed E-state index contributed by atoms with van der Waals surface area (Å²) in [7, 11) is 0. The van der Waals surface area contributed by atoms with E-state index in [4.69, 9.17) is 10.5 Å². The van der Waals surface area contributed by atoms with Crippen molar-refractivity contribution in [2.24, 2.45) is 0 Å². The second-order valence-electron chi connectivity index (χ2n) is 2.90. The van der Waals surface area contributed by atoms with Gasteiger partial charge in [0.1, 0.15) is 5.82 Å². The number of nitrogens with zero attached hydrogens (tertiary/aromatic N) is 3. The minimum Gasteiger partial charge on any atom is -0.461 e. The molecule has 0 bridgehead atoms. The van der Waals surface area contributed by atoms with Gasteiger partial charge >= 0.3 is 5.97 Å². The molecule has 0 aliphatic carbocycles. The molecule has 0 fully saturated rings. The molecule has 0 atom stereocenters. The molecule has 6 nitrogen and oxygen atoms in total. The van der Waals surface area contributed by atoms with Gasteiger partial charge in [-0.3, -0.25) is 0 Å². The van der Waals surface area contributed by atoms with Crippen LogP contribution in [0.15, 0.2) is 17.6 Å². The zero-order chi connectivity index (χ0) is 11.5.